The van der Waals surface area contributed by atoms with Crippen LogP contribution in [0.15, 0.2) is 24.3 Å². The average molecular weight is 289 g/mol. The molecule has 0 amide bonds. The van der Waals surface area contributed by atoms with Crippen LogP contribution in [0.3, 0.4) is 0 Å². The van der Waals surface area contributed by atoms with Gasteiger partial charge >= 0.3 is 5.97 Å². The highest BCUT2D eigenvalue weighted by molar-refractivity contribution is 6.30. The molecule has 0 fully saturated rings. The molecule has 18 heavy (non-hydrogen) atoms. The van der Waals surface area contributed by atoms with Crippen molar-refractivity contribution < 1.29 is 9.53 Å². The fourth-order valence-corrected chi connectivity index (χ4v) is 1.62. The number of halogens is 2. The van der Waals surface area contributed by atoms with Gasteiger partial charge in [-0.2, -0.15) is 5.26 Å². The molecule has 0 aliphatic rings. The number of hydrogen-bond acceptors (Lipinski definition) is 4. The number of rotatable bonds is 5. The first kappa shape index (κ1) is 16.7. The zero-order chi connectivity index (χ0) is 12.7. The normalized spacial score (nSPS) is 10.9. The van der Waals surface area contributed by atoms with Gasteiger partial charge in [0.1, 0.15) is 12.1 Å². The fraction of sp³-hybridized carbons (Fsp3) is 0.333. The van der Waals surface area contributed by atoms with Crippen molar-refractivity contribution in [1.82, 2.24) is 5.32 Å². The van der Waals surface area contributed by atoms with Crippen molar-refractivity contribution >= 4 is 30.0 Å². The Balaban J connectivity index is 0.00000289. The molecule has 1 rings (SSSR count). The lowest BCUT2D eigenvalue weighted by atomic mass is 10.1. The molecular formula is C12H14Cl2N2O2. The SMILES string of the molecule is CN[C@@H](Cc1cccc(Cl)c1)C(=O)OCC#N.Cl. The number of carbonyl (C=O) groups is 1. The third-order valence-electron chi connectivity index (χ3n) is 2.24. The van der Waals surface area contributed by atoms with E-state index in [4.69, 9.17) is 21.6 Å². The molecule has 0 saturated carbocycles. The lowest BCUT2D eigenvalue weighted by Crippen LogP contribution is -2.37. The Hall–Kier alpha value is -1.28. The van der Waals surface area contributed by atoms with E-state index < -0.39 is 12.0 Å². The van der Waals surface area contributed by atoms with Gasteiger partial charge in [0.25, 0.3) is 0 Å². The van der Waals surface area contributed by atoms with Gasteiger partial charge in [-0.1, -0.05) is 23.7 Å². The first-order valence-electron chi connectivity index (χ1n) is 5.12. The highest BCUT2D eigenvalue weighted by atomic mass is 35.5. The Kier molecular flexibility index (Phi) is 8.14. The van der Waals surface area contributed by atoms with Crippen LogP contribution in [0.2, 0.25) is 5.02 Å². The van der Waals surface area contributed by atoms with Gasteiger partial charge in [0.15, 0.2) is 6.61 Å². The Morgan fingerprint density at radius 1 is 1.61 bits per heavy atom. The van der Waals surface area contributed by atoms with Crippen LogP contribution in [0.1, 0.15) is 5.56 Å². The van der Waals surface area contributed by atoms with E-state index in [0.29, 0.717) is 11.4 Å². The van der Waals surface area contributed by atoms with Gasteiger partial charge in [0.05, 0.1) is 0 Å². The van der Waals surface area contributed by atoms with Crippen molar-refractivity contribution in [1.29, 1.82) is 5.26 Å². The number of nitrogens with one attached hydrogen (secondary N) is 1. The van der Waals surface area contributed by atoms with E-state index >= 15 is 0 Å². The Morgan fingerprint density at radius 3 is 2.89 bits per heavy atom. The van der Waals surface area contributed by atoms with Crippen LogP contribution in [0.5, 0.6) is 0 Å². The molecule has 4 nitrogen and oxygen atoms in total. The average Bonchev–Trinajstić information content (AvgIpc) is 2.33. The van der Waals surface area contributed by atoms with Crippen molar-refractivity contribution in [2.24, 2.45) is 0 Å². The van der Waals surface area contributed by atoms with E-state index in [1.165, 1.54) is 0 Å². The Bertz CT molecular complexity index is 432. The minimum absolute atomic E-state index is 0. The predicted octanol–water partition coefficient (Wildman–Crippen LogP) is 1.96. The molecule has 0 aliphatic heterocycles. The summed E-state index contributed by atoms with van der Waals surface area (Å²) in [6.45, 7) is -0.230. The summed E-state index contributed by atoms with van der Waals surface area (Å²) in [5, 5.41) is 11.8. The third-order valence-corrected chi connectivity index (χ3v) is 2.48. The summed E-state index contributed by atoms with van der Waals surface area (Å²) in [6, 6.07) is 8.56. The van der Waals surface area contributed by atoms with Crippen LogP contribution < -0.4 is 5.32 Å². The molecule has 0 bridgehead atoms. The predicted molar refractivity (Wildman–Crippen MR) is 71.8 cm³/mol. The molecule has 0 radical (unpaired) electrons. The molecule has 1 aromatic carbocycles. The number of carbonyl (C=O) groups excluding carboxylic acids is 1. The number of ether oxygens (including phenoxy) is 1. The van der Waals surface area contributed by atoms with Gasteiger partial charge in [-0.25, -0.2) is 0 Å². The van der Waals surface area contributed by atoms with Crippen molar-refractivity contribution in [3.8, 4) is 6.07 Å². The first-order valence-corrected chi connectivity index (χ1v) is 5.50. The molecule has 0 aliphatic carbocycles. The summed E-state index contributed by atoms with van der Waals surface area (Å²) in [4.78, 5) is 11.6. The lowest BCUT2D eigenvalue weighted by molar-refractivity contribution is -0.144. The van der Waals surface area contributed by atoms with Crippen molar-refractivity contribution in [2.45, 2.75) is 12.5 Å². The van der Waals surface area contributed by atoms with Crippen LogP contribution >= 0.6 is 24.0 Å². The van der Waals surface area contributed by atoms with Crippen LogP contribution in [0.25, 0.3) is 0 Å². The van der Waals surface area contributed by atoms with E-state index in [2.05, 4.69) is 5.32 Å². The number of nitrogens with zero attached hydrogens (tertiary/aromatic N) is 1. The minimum atomic E-state index is -0.471. The van der Waals surface area contributed by atoms with Crippen molar-refractivity contribution in [2.75, 3.05) is 13.7 Å². The molecule has 1 aromatic rings. The summed E-state index contributed by atoms with van der Waals surface area (Å²) in [6.07, 6.45) is 0.474. The van der Waals surface area contributed by atoms with E-state index in [1.807, 2.05) is 12.1 Å². The topological polar surface area (TPSA) is 62.1 Å². The molecule has 6 heteroatoms. The van der Waals surface area contributed by atoms with Gasteiger partial charge in [0.2, 0.25) is 0 Å². The van der Waals surface area contributed by atoms with E-state index in [0.717, 1.165) is 5.56 Å². The van der Waals surface area contributed by atoms with E-state index in [1.54, 1.807) is 25.2 Å². The monoisotopic (exact) mass is 288 g/mol. The number of nitriles is 1. The Labute approximate surface area is 117 Å². The first-order chi connectivity index (χ1) is 8.17. The van der Waals surface area contributed by atoms with E-state index in [-0.39, 0.29) is 19.0 Å². The maximum Gasteiger partial charge on any atom is 0.324 e. The smallest absolute Gasteiger partial charge is 0.324 e. The summed E-state index contributed by atoms with van der Waals surface area (Å²) >= 11 is 5.86. The van der Waals surface area contributed by atoms with Crippen LogP contribution in [-0.2, 0) is 16.0 Å². The second-order valence-corrected chi connectivity index (χ2v) is 3.88. The van der Waals surface area contributed by atoms with Crippen molar-refractivity contribution in [3.05, 3.63) is 34.9 Å². The van der Waals surface area contributed by atoms with Crippen LogP contribution in [0.4, 0.5) is 0 Å². The summed E-state index contributed by atoms with van der Waals surface area (Å²) in [5.41, 5.74) is 0.936. The molecule has 98 valence electrons. The highest BCUT2D eigenvalue weighted by Crippen LogP contribution is 2.12. The summed E-state index contributed by atoms with van der Waals surface area (Å²) in [5.74, 6) is -0.436. The van der Waals surface area contributed by atoms with Gasteiger partial charge in [-0.15, -0.1) is 12.4 Å². The fourth-order valence-electron chi connectivity index (χ4n) is 1.41. The number of benzene rings is 1. The third kappa shape index (κ3) is 5.37. The van der Waals surface area contributed by atoms with E-state index in [9.17, 15) is 4.79 Å². The molecule has 0 saturated heterocycles. The van der Waals surface area contributed by atoms with Gasteiger partial charge < -0.3 is 10.1 Å². The molecule has 0 heterocycles. The molecule has 1 atom stereocenters. The zero-order valence-corrected chi connectivity index (χ0v) is 11.4. The maximum absolute atomic E-state index is 11.6. The van der Waals surface area contributed by atoms with Gasteiger partial charge in [-0.3, -0.25) is 4.79 Å². The number of esters is 1. The second-order valence-electron chi connectivity index (χ2n) is 3.44. The number of hydrogen-bond donors (Lipinski definition) is 1. The van der Waals surface area contributed by atoms with Crippen LogP contribution in [-0.4, -0.2) is 25.7 Å². The quantitative estimate of drug-likeness (QED) is 0.842. The van der Waals surface area contributed by atoms with Gasteiger partial charge in [0, 0.05) is 5.02 Å². The van der Waals surface area contributed by atoms with Gasteiger partial charge in [-0.05, 0) is 31.2 Å². The number of likely N-dealkylation sites (N-methyl/N-ethyl adjacent to an activating group) is 1. The molecule has 0 spiro atoms. The minimum Gasteiger partial charge on any atom is -0.449 e. The molecular weight excluding hydrogens is 275 g/mol. The summed E-state index contributed by atoms with van der Waals surface area (Å²) < 4.78 is 4.75. The maximum atomic E-state index is 11.6. The van der Waals surface area contributed by atoms with Crippen molar-refractivity contribution in [3.63, 3.8) is 0 Å². The Morgan fingerprint density at radius 2 is 2.33 bits per heavy atom. The molecule has 1 N–H and O–H groups in total. The largest absolute Gasteiger partial charge is 0.449 e. The van der Waals surface area contributed by atoms with Crippen LogP contribution in [0, 0.1) is 11.3 Å². The standard InChI is InChI=1S/C12H13ClN2O2.ClH/c1-15-11(12(16)17-6-5-14)8-9-3-2-4-10(13)7-9;/h2-4,7,11,15H,6,8H2,1H3;1H/t11-;/m0./s1. The second kappa shape index (κ2) is 8.76. The lowest BCUT2D eigenvalue weighted by Gasteiger charge is -2.14. The highest BCUT2D eigenvalue weighted by Gasteiger charge is 2.18. The molecule has 0 unspecified atom stereocenters. The zero-order valence-electron chi connectivity index (χ0n) is 9.85. The summed E-state index contributed by atoms with van der Waals surface area (Å²) in [7, 11) is 1.67. The molecule has 0 aromatic heterocycles.